The molecule has 1 aromatic rings. The third-order valence-electron chi connectivity index (χ3n) is 0.987. The smallest absolute Gasteiger partial charge is 0.250 e. The first-order valence-electron chi connectivity index (χ1n) is 2.76. The highest BCUT2D eigenvalue weighted by atomic mass is 19.4. The molecule has 0 aromatic carbocycles. The van der Waals surface area contributed by atoms with Gasteiger partial charge in [0.25, 0.3) is 0 Å². The molecule has 0 unspecified atom stereocenters. The van der Waals surface area contributed by atoms with Crippen LogP contribution in [0.5, 0.6) is 0 Å². The van der Waals surface area contributed by atoms with Gasteiger partial charge in [-0.25, -0.2) is 0 Å². The lowest BCUT2D eigenvalue weighted by Crippen LogP contribution is -2.06. The third-order valence-corrected chi connectivity index (χ3v) is 0.987. The maximum Gasteiger partial charge on any atom is 0.419 e. The fraction of sp³-hybridized carbons (Fsp3) is 0.286. The zero-order valence-corrected chi connectivity index (χ0v) is 5.58. The van der Waals surface area contributed by atoms with Crippen molar-refractivity contribution in [2.75, 3.05) is 0 Å². The van der Waals surface area contributed by atoms with Gasteiger partial charge in [-0.1, -0.05) is 0 Å². The van der Waals surface area contributed by atoms with Crippen molar-refractivity contribution in [3.63, 3.8) is 0 Å². The number of alkyl halides is 3. The number of aromatic nitrogens is 1. The highest BCUT2D eigenvalue weighted by Gasteiger charge is 2.31. The van der Waals surface area contributed by atoms with E-state index in [4.69, 9.17) is 0 Å². The zero-order chi connectivity index (χ0) is 8.48. The molecule has 0 atom stereocenters. The van der Waals surface area contributed by atoms with Gasteiger partial charge >= 0.3 is 6.18 Å². The van der Waals surface area contributed by atoms with Crippen molar-refractivity contribution in [2.24, 2.45) is 0 Å². The highest BCUT2D eigenvalue weighted by Crippen LogP contribution is 2.27. The number of rotatable bonds is 0. The Morgan fingerprint density at radius 3 is 2.27 bits per heavy atom. The molecular formula is C7H3F3N. The normalized spacial score (nSPS) is 11.6. The lowest BCUT2D eigenvalue weighted by Gasteiger charge is -2.03. The first-order valence-corrected chi connectivity index (χ1v) is 2.76. The van der Waals surface area contributed by atoms with Crippen molar-refractivity contribution < 1.29 is 13.2 Å². The van der Waals surface area contributed by atoms with E-state index >= 15 is 0 Å². The molecule has 1 rings (SSSR count). The maximum atomic E-state index is 11.8. The second kappa shape index (κ2) is 2.53. The van der Waals surface area contributed by atoms with Gasteiger partial charge in [0.15, 0.2) is 0 Å². The van der Waals surface area contributed by atoms with Crippen LogP contribution in [0.1, 0.15) is 11.3 Å². The van der Waals surface area contributed by atoms with Crippen LogP contribution in [0, 0.1) is 25.3 Å². The Bertz CT molecular complexity index is 237. The largest absolute Gasteiger partial charge is 0.419 e. The van der Waals surface area contributed by atoms with Crippen LogP contribution >= 0.6 is 0 Å². The summed E-state index contributed by atoms with van der Waals surface area (Å²) in [5.41, 5.74) is -0.666. The SMILES string of the molecule is Cc1[c][c]c(C(F)(F)F)[c]n1. The van der Waals surface area contributed by atoms with Crippen LogP contribution in [-0.4, -0.2) is 4.98 Å². The molecule has 0 N–H and O–H groups in total. The Hall–Kier alpha value is -1.06. The van der Waals surface area contributed by atoms with Gasteiger partial charge in [0, 0.05) is 17.8 Å². The summed E-state index contributed by atoms with van der Waals surface area (Å²) in [5.74, 6) is 0. The van der Waals surface area contributed by atoms with Gasteiger partial charge < -0.3 is 0 Å². The molecule has 0 saturated heterocycles. The van der Waals surface area contributed by atoms with Crippen molar-refractivity contribution in [3.05, 3.63) is 29.6 Å². The first kappa shape index (κ1) is 8.04. The molecule has 3 radical (unpaired) electrons. The molecule has 1 aromatic heterocycles. The first-order chi connectivity index (χ1) is 5.00. The van der Waals surface area contributed by atoms with Gasteiger partial charge in [-0.2, -0.15) is 13.2 Å². The number of halogens is 3. The number of pyridine rings is 1. The van der Waals surface area contributed by atoms with Crippen LogP contribution in [0.2, 0.25) is 0 Å². The molecule has 0 fully saturated rings. The van der Waals surface area contributed by atoms with Gasteiger partial charge in [0.2, 0.25) is 0 Å². The summed E-state index contributed by atoms with van der Waals surface area (Å²) in [4.78, 5) is 3.31. The third kappa shape index (κ3) is 1.93. The molecule has 1 heterocycles. The van der Waals surface area contributed by atoms with E-state index in [1.165, 1.54) is 6.92 Å². The van der Waals surface area contributed by atoms with Crippen molar-refractivity contribution >= 4 is 0 Å². The number of aryl methyl sites for hydroxylation is 1. The topological polar surface area (TPSA) is 12.9 Å². The average molecular weight is 158 g/mol. The summed E-state index contributed by atoms with van der Waals surface area (Å²) >= 11 is 0. The van der Waals surface area contributed by atoms with Gasteiger partial charge in [-0.3, -0.25) is 4.98 Å². The van der Waals surface area contributed by atoms with E-state index in [2.05, 4.69) is 11.1 Å². The van der Waals surface area contributed by atoms with Crippen molar-refractivity contribution in [1.29, 1.82) is 0 Å². The Morgan fingerprint density at radius 2 is 1.91 bits per heavy atom. The summed E-state index contributed by atoms with van der Waals surface area (Å²) in [6.07, 6.45) is -2.60. The zero-order valence-electron chi connectivity index (χ0n) is 5.58. The van der Waals surface area contributed by atoms with Crippen molar-refractivity contribution in [3.8, 4) is 0 Å². The van der Waals surface area contributed by atoms with E-state index in [-0.39, 0.29) is 0 Å². The minimum Gasteiger partial charge on any atom is -0.250 e. The number of hydrogen-bond acceptors (Lipinski definition) is 1. The Labute approximate surface area is 61.9 Å². The molecule has 0 bridgehead atoms. The van der Waals surface area contributed by atoms with Gasteiger partial charge in [0.05, 0.1) is 5.56 Å². The predicted octanol–water partition coefficient (Wildman–Crippen LogP) is 1.81. The van der Waals surface area contributed by atoms with Crippen LogP contribution in [-0.2, 0) is 6.18 Å². The fourth-order valence-electron chi connectivity index (χ4n) is 0.483. The highest BCUT2D eigenvalue weighted by molar-refractivity contribution is 5.11. The van der Waals surface area contributed by atoms with Crippen molar-refractivity contribution in [2.45, 2.75) is 13.1 Å². The molecule has 0 amide bonds. The molecule has 0 spiro atoms. The maximum absolute atomic E-state index is 11.8. The quantitative estimate of drug-likeness (QED) is 0.561. The van der Waals surface area contributed by atoms with E-state index in [1.54, 1.807) is 0 Å². The molecule has 4 heteroatoms. The van der Waals surface area contributed by atoms with Crippen LogP contribution in [0.4, 0.5) is 13.2 Å². The lowest BCUT2D eigenvalue weighted by molar-refractivity contribution is -0.138. The lowest BCUT2D eigenvalue weighted by atomic mass is 10.2. The van der Waals surface area contributed by atoms with Crippen LogP contribution < -0.4 is 0 Å². The van der Waals surface area contributed by atoms with E-state index in [0.29, 0.717) is 5.69 Å². The molecule has 0 saturated carbocycles. The van der Waals surface area contributed by atoms with E-state index in [9.17, 15) is 13.2 Å². The molecule has 1 nitrogen and oxygen atoms in total. The van der Waals surface area contributed by atoms with Crippen LogP contribution in [0.15, 0.2) is 0 Å². The monoisotopic (exact) mass is 158 g/mol. The summed E-state index contributed by atoms with van der Waals surface area (Å²) < 4.78 is 35.4. The molecule has 0 aliphatic carbocycles. The second-order valence-electron chi connectivity index (χ2n) is 1.93. The summed E-state index contributed by atoms with van der Waals surface area (Å²) in [6, 6.07) is 4.13. The molecular weight excluding hydrogens is 155 g/mol. The Morgan fingerprint density at radius 1 is 1.27 bits per heavy atom. The fourth-order valence-corrected chi connectivity index (χ4v) is 0.483. The minimum absolute atomic E-state index is 0.345. The molecule has 57 valence electrons. The van der Waals surface area contributed by atoms with Gasteiger partial charge in [-0.05, 0) is 6.92 Å². The number of hydrogen-bond donors (Lipinski definition) is 0. The van der Waals surface area contributed by atoms with Gasteiger partial charge in [-0.15, -0.1) is 0 Å². The van der Waals surface area contributed by atoms with Crippen LogP contribution in [0.3, 0.4) is 0 Å². The summed E-state index contributed by atoms with van der Waals surface area (Å²) in [7, 11) is 0. The molecule has 0 aliphatic heterocycles. The predicted molar refractivity (Wildman–Crippen MR) is 30.5 cm³/mol. The Balaban J connectivity index is 2.99. The van der Waals surface area contributed by atoms with E-state index in [0.717, 1.165) is 0 Å². The van der Waals surface area contributed by atoms with Crippen LogP contribution in [0.25, 0.3) is 0 Å². The van der Waals surface area contributed by atoms with E-state index < -0.39 is 11.7 Å². The molecule has 11 heavy (non-hydrogen) atoms. The minimum atomic E-state index is -4.42. The van der Waals surface area contributed by atoms with Crippen molar-refractivity contribution in [1.82, 2.24) is 4.98 Å². The summed E-state index contributed by atoms with van der Waals surface area (Å²) in [5, 5.41) is 0. The number of nitrogens with zero attached hydrogens (tertiary/aromatic N) is 1. The standard InChI is InChI=1S/C7H3F3N/c1-5-2-3-6(4-11-5)7(8,9)10/h1H3. The average Bonchev–Trinajstić information content (AvgIpc) is 1.86. The van der Waals surface area contributed by atoms with E-state index in [1.807, 2.05) is 12.3 Å². The molecule has 0 aliphatic rings. The summed E-state index contributed by atoms with van der Waals surface area (Å²) in [6.45, 7) is 1.52. The second-order valence-corrected chi connectivity index (χ2v) is 1.93. The Kier molecular flexibility index (Phi) is 1.85. The van der Waals surface area contributed by atoms with Gasteiger partial charge in [0.1, 0.15) is 6.20 Å².